The van der Waals surface area contributed by atoms with E-state index in [4.69, 9.17) is 0 Å². The Morgan fingerprint density at radius 2 is 1.35 bits per heavy atom. The summed E-state index contributed by atoms with van der Waals surface area (Å²) in [6, 6.07) is 15.1. The molecule has 0 radical (unpaired) electrons. The van der Waals surface area contributed by atoms with Crippen molar-refractivity contribution < 1.29 is 0 Å². The Balaban J connectivity index is 0.000000246. The molecule has 0 saturated carbocycles. The number of rotatable bonds is 5. The predicted octanol–water partition coefficient (Wildman–Crippen LogP) is 6.94. The largest absolute Gasteiger partial charge is 0.0654 e. The summed E-state index contributed by atoms with van der Waals surface area (Å²) in [5.74, 6) is 0.603. The molecule has 20 heavy (non-hydrogen) atoms. The summed E-state index contributed by atoms with van der Waals surface area (Å²) in [6.07, 6.45) is 7.01. The molecular weight excluding hydrogens is 240 g/mol. The lowest BCUT2D eigenvalue weighted by Crippen LogP contribution is -1.88. The fraction of sp³-hybridized carbons (Fsp3) is 0.500. The molecule has 0 amide bonds. The van der Waals surface area contributed by atoms with Crippen LogP contribution in [0.4, 0.5) is 0 Å². The maximum Gasteiger partial charge on any atom is -0.0149 e. The van der Waals surface area contributed by atoms with Crippen LogP contribution in [-0.2, 0) is 0 Å². The summed E-state index contributed by atoms with van der Waals surface area (Å²) in [7, 11) is 0. The van der Waals surface area contributed by atoms with Gasteiger partial charge in [0.2, 0.25) is 0 Å². The Morgan fingerprint density at radius 1 is 0.750 bits per heavy atom. The molecule has 0 unspecified atom stereocenters. The molecule has 2 rings (SSSR count). The molecule has 0 heterocycles. The van der Waals surface area contributed by atoms with E-state index in [1.165, 1.54) is 48.4 Å². The molecule has 0 aliphatic carbocycles. The number of hydrogen-bond acceptors (Lipinski definition) is 0. The van der Waals surface area contributed by atoms with E-state index in [9.17, 15) is 0 Å². The van der Waals surface area contributed by atoms with Crippen molar-refractivity contribution in [2.24, 2.45) is 0 Å². The standard InChI is InChI=1S/C13H14.C7H16/c1-10(2)12-9-5-7-11-6-3-4-8-13(11)12;1-3-5-7-6-4-2/h3-10H,1-2H3;3-7H2,1-2H3. The molecule has 0 spiro atoms. The van der Waals surface area contributed by atoms with Crippen molar-refractivity contribution in [3.63, 3.8) is 0 Å². The normalized spacial score (nSPS) is 10.4. The van der Waals surface area contributed by atoms with Gasteiger partial charge in [0.1, 0.15) is 0 Å². The monoisotopic (exact) mass is 270 g/mol. The van der Waals surface area contributed by atoms with E-state index in [-0.39, 0.29) is 0 Å². The zero-order valence-corrected chi connectivity index (χ0v) is 13.7. The SMILES string of the molecule is CC(C)c1cccc2ccccc12.CCCCCCC. The van der Waals surface area contributed by atoms with E-state index < -0.39 is 0 Å². The summed E-state index contributed by atoms with van der Waals surface area (Å²) in [5, 5.41) is 2.73. The summed E-state index contributed by atoms with van der Waals surface area (Å²) in [5.41, 5.74) is 1.44. The van der Waals surface area contributed by atoms with Crippen molar-refractivity contribution >= 4 is 10.8 Å². The fourth-order valence-electron chi connectivity index (χ4n) is 2.43. The van der Waals surface area contributed by atoms with Crippen molar-refractivity contribution in [3.05, 3.63) is 48.0 Å². The van der Waals surface area contributed by atoms with Gasteiger partial charge in [0.15, 0.2) is 0 Å². The van der Waals surface area contributed by atoms with Crippen LogP contribution in [0.3, 0.4) is 0 Å². The first-order chi connectivity index (χ1) is 9.70. The van der Waals surface area contributed by atoms with Gasteiger partial charge in [0.05, 0.1) is 0 Å². The molecule has 2 aromatic carbocycles. The Labute approximate surface area is 125 Å². The Kier molecular flexibility index (Phi) is 8.02. The molecule has 0 nitrogen and oxygen atoms in total. The third-order valence-corrected chi connectivity index (χ3v) is 3.65. The van der Waals surface area contributed by atoms with Crippen LogP contribution in [0.25, 0.3) is 10.8 Å². The van der Waals surface area contributed by atoms with Crippen LogP contribution in [0.5, 0.6) is 0 Å². The molecular formula is C20H30. The minimum Gasteiger partial charge on any atom is -0.0654 e. The minimum atomic E-state index is 0.603. The van der Waals surface area contributed by atoms with Gasteiger partial charge in [0.25, 0.3) is 0 Å². The molecule has 0 N–H and O–H groups in total. The first kappa shape index (κ1) is 16.8. The second-order valence-corrected chi connectivity index (χ2v) is 5.78. The molecule has 0 aromatic heterocycles. The number of unbranched alkanes of at least 4 members (excludes halogenated alkanes) is 4. The third kappa shape index (κ3) is 5.36. The van der Waals surface area contributed by atoms with Gasteiger partial charge >= 0.3 is 0 Å². The maximum absolute atomic E-state index is 2.25. The van der Waals surface area contributed by atoms with Gasteiger partial charge in [-0.25, -0.2) is 0 Å². The van der Waals surface area contributed by atoms with Crippen molar-refractivity contribution in [3.8, 4) is 0 Å². The predicted molar refractivity (Wildman–Crippen MR) is 92.5 cm³/mol. The Morgan fingerprint density at radius 3 is 1.95 bits per heavy atom. The van der Waals surface area contributed by atoms with Crippen LogP contribution < -0.4 is 0 Å². The summed E-state index contributed by atoms with van der Waals surface area (Å²) in [4.78, 5) is 0. The second kappa shape index (κ2) is 9.58. The highest BCUT2D eigenvalue weighted by atomic mass is 14.1. The van der Waals surface area contributed by atoms with Crippen molar-refractivity contribution in [2.75, 3.05) is 0 Å². The lowest BCUT2D eigenvalue weighted by molar-refractivity contribution is 0.656. The van der Waals surface area contributed by atoms with E-state index >= 15 is 0 Å². The van der Waals surface area contributed by atoms with E-state index in [1.807, 2.05) is 0 Å². The first-order valence-corrected chi connectivity index (χ1v) is 8.18. The molecule has 110 valence electrons. The molecule has 0 saturated heterocycles. The van der Waals surface area contributed by atoms with Gasteiger partial charge in [-0.2, -0.15) is 0 Å². The third-order valence-electron chi connectivity index (χ3n) is 3.65. The Bertz CT molecular complexity index is 473. The van der Waals surface area contributed by atoms with Gasteiger partial charge in [-0.05, 0) is 22.3 Å². The van der Waals surface area contributed by atoms with Gasteiger partial charge < -0.3 is 0 Å². The van der Waals surface area contributed by atoms with E-state index in [0.29, 0.717) is 5.92 Å². The fourth-order valence-corrected chi connectivity index (χ4v) is 2.43. The molecule has 2 aromatic rings. The number of fused-ring (bicyclic) bond motifs is 1. The summed E-state index contributed by atoms with van der Waals surface area (Å²) >= 11 is 0. The smallest absolute Gasteiger partial charge is 0.0149 e. The topological polar surface area (TPSA) is 0 Å². The number of hydrogen-bond donors (Lipinski definition) is 0. The highest BCUT2D eigenvalue weighted by Crippen LogP contribution is 2.24. The molecule has 0 bridgehead atoms. The average Bonchev–Trinajstić information content (AvgIpc) is 2.48. The van der Waals surface area contributed by atoms with E-state index in [2.05, 4.69) is 70.2 Å². The van der Waals surface area contributed by atoms with Crippen LogP contribution in [0.2, 0.25) is 0 Å². The van der Waals surface area contributed by atoms with Gasteiger partial charge in [0, 0.05) is 0 Å². The summed E-state index contributed by atoms with van der Waals surface area (Å²) in [6.45, 7) is 8.97. The van der Waals surface area contributed by atoms with Gasteiger partial charge in [-0.1, -0.05) is 102 Å². The first-order valence-electron chi connectivity index (χ1n) is 8.18. The Hall–Kier alpha value is -1.30. The maximum atomic E-state index is 2.25. The van der Waals surface area contributed by atoms with Gasteiger partial charge in [-0.3, -0.25) is 0 Å². The van der Waals surface area contributed by atoms with E-state index in [1.54, 1.807) is 0 Å². The summed E-state index contributed by atoms with van der Waals surface area (Å²) < 4.78 is 0. The van der Waals surface area contributed by atoms with Crippen molar-refractivity contribution in [2.45, 2.75) is 65.7 Å². The molecule has 0 atom stereocenters. The molecule has 0 aliphatic rings. The zero-order chi connectivity index (χ0) is 14.8. The minimum absolute atomic E-state index is 0.603. The van der Waals surface area contributed by atoms with Crippen molar-refractivity contribution in [1.82, 2.24) is 0 Å². The van der Waals surface area contributed by atoms with Crippen LogP contribution in [0.1, 0.15) is 71.3 Å². The number of benzene rings is 2. The van der Waals surface area contributed by atoms with E-state index in [0.717, 1.165) is 0 Å². The van der Waals surface area contributed by atoms with Gasteiger partial charge in [-0.15, -0.1) is 0 Å². The van der Waals surface area contributed by atoms with Crippen LogP contribution in [0.15, 0.2) is 42.5 Å². The average molecular weight is 270 g/mol. The molecule has 0 fully saturated rings. The second-order valence-electron chi connectivity index (χ2n) is 5.78. The van der Waals surface area contributed by atoms with Crippen LogP contribution in [0, 0.1) is 0 Å². The lowest BCUT2D eigenvalue weighted by Gasteiger charge is -2.08. The molecule has 0 heteroatoms. The molecule has 0 aliphatic heterocycles. The highest BCUT2D eigenvalue weighted by molar-refractivity contribution is 5.86. The highest BCUT2D eigenvalue weighted by Gasteiger charge is 2.02. The van der Waals surface area contributed by atoms with Crippen LogP contribution in [-0.4, -0.2) is 0 Å². The van der Waals surface area contributed by atoms with Crippen LogP contribution >= 0.6 is 0 Å². The quantitative estimate of drug-likeness (QED) is 0.516. The van der Waals surface area contributed by atoms with Crippen molar-refractivity contribution in [1.29, 1.82) is 0 Å². The zero-order valence-electron chi connectivity index (χ0n) is 13.7. The lowest BCUT2D eigenvalue weighted by atomic mass is 9.96.